The van der Waals surface area contributed by atoms with Gasteiger partial charge in [0.2, 0.25) is 0 Å². The summed E-state index contributed by atoms with van der Waals surface area (Å²) in [5.74, 6) is 0. The zero-order valence-electron chi connectivity index (χ0n) is 16.5. The maximum Gasteiger partial charge on any atom is 0.367 e. The van der Waals surface area contributed by atoms with Gasteiger partial charge in [-0.15, -0.1) is 5.10 Å². The molecule has 158 valence electrons. The minimum absolute atomic E-state index is 0.234. The zero-order valence-corrected chi connectivity index (χ0v) is 18.8. The fraction of sp³-hybridized carbons (Fsp3) is 0.0417. The van der Waals surface area contributed by atoms with Gasteiger partial charge in [-0.05, 0) is 47.0 Å². The molecule has 0 amide bonds. The number of halogens is 3. The van der Waals surface area contributed by atoms with Crippen molar-refractivity contribution in [3.05, 3.63) is 110 Å². The standard InChI is InChI=1S/C24H15Cl3N4O/c25-18-9-5-15(6-10-18)20-13-28-31-23(22(20)16-7-11-19(26)12-8-16)29-30(24(31)32)14-17-3-1-2-4-21(17)27/h1-13H,14H2. The summed E-state index contributed by atoms with van der Waals surface area (Å²) in [5, 5.41) is 10.9. The van der Waals surface area contributed by atoms with Gasteiger partial charge in [0.05, 0.1) is 12.7 Å². The third kappa shape index (κ3) is 3.79. The van der Waals surface area contributed by atoms with Crippen LogP contribution in [0, 0.1) is 0 Å². The van der Waals surface area contributed by atoms with Crippen LogP contribution in [-0.4, -0.2) is 19.4 Å². The van der Waals surface area contributed by atoms with Gasteiger partial charge in [0.1, 0.15) is 0 Å². The van der Waals surface area contributed by atoms with E-state index >= 15 is 0 Å². The molecule has 0 aliphatic heterocycles. The number of aromatic nitrogens is 4. The fourth-order valence-electron chi connectivity index (χ4n) is 3.60. The number of benzene rings is 3. The van der Waals surface area contributed by atoms with Gasteiger partial charge in [-0.3, -0.25) is 0 Å². The molecule has 0 N–H and O–H groups in total. The van der Waals surface area contributed by atoms with E-state index in [0.717, 1.165) is 27.8 Å². The van der Waals surface area contributed by atoms with Crippen molar-refractivity contribution < 1.29 is 0 Å². The largest absolute Gasteiger partial charge is 0.367 e. The lowest BCUT2D eigenvalue weighted by atomic mass is 9.97. The van der Waals surface area contributed by atoms with E-state index in [1.54, 1.807) is 24.4 Å². The molecule has 0 aliphatic carbocycles. The minimum atomic E-state index is -0.349. The molecule has 2 aromatic heterocycles. The van der Waals surface area contributed by atoms with Crippen LogP contribution in [0.1, 0.15) is 5.56 Å². The summed E-state index contributed by atoms with van der Waals surface area (Å²) >= 11 is 18.5. The smallest absolute Gasteiger partial charge is 0.244 e. The monoisotopic (exact) mass is 480 g/mol. The van der Waals surface area contributed by atoms with Gasteiger partial charge in [-0.25, -0.2) is 9.48 Å². The number of rotatable bonds is 4. The number of hydrogen-bond acceptors (Lipinski definition) is 3. The molecule has 0 saturated heterocycles. The summed E-state index contributed by atoms with van der Waals surface area (Å²) in [6.45, 7) is 0.234. The van der Waals surface area contributed by atoms with Crippen molar-refractivity contribution in [1.82, 2.24) is 19.4 Å². The molecule has 8 heteroatoms. The van der Waals surface area contributed by atoms with Crippen molar-refractivity contribution in [2.24, 2.45) is 0 Å². The molecule has 0 atom stereocenters. The van der Waals surface area contributed by atoms with Gasteiger partial charge in [0.25, 0.3) is 0 Å². The molecule has 0 bridgehead atoms. The summed E-state index contributed by atoms with van der Waals surface area (Å²) in [5.41, 5.74) is 4.25. The summed E-state index contributed by atoms with van der Waals surface area (Å²) in [6, 6.07) is 22.2. The van der Waals surface area contributed by atoms with E-state index in [1.165, 1.54) is 9.20 Å². The maximum absolute atomic E-state index is 13.1. The van der Waals surface area contributed by atoms with E-state index in [0.29, 0.717) is 20.7 Å². The van der Waals surface area contributed by atoms with Gasteiger partial charge in [-0.1, -0.05) is 77.3 Å². The van der Waals surface area contributed by atoms with E-state index in [9.17, 15) is 4.79 Å². The molecule has 0 fully saturated rings. The third-order valence-electron chi connectivity index (χ3n) is 5.18. The first-order valence-corrected chi connectivity index (χ1v) is 10.9. The Morgan fingerprint density at radius 2 is 1.41 bits per heavy atom. The summed E-state index contributed by atoms with van der Waals surface area (Å²) in [7, 11) is 0. The average Bonchev–Trinajstić information content (AvgIpc) is 3.11. The average molecular weight is 482 g/mol. The fourth-order valence-corrected chi connectivity index (χ4v) is 4.05. The summed E-state index contributed by atoms with van der Waals surface area (Å²) in [4.78, 5) is 13.1. The maximum atomic E-state index is 13.1. The molecular formula is C24H15Cl3N4O. The van der Waals surface area contributed by atoms with Crippen LogP contribution in [0.5, 0.6) is 0 Å². The molecule has 0 aliphatic rings. The van der Waals surface area contributed by atoms with Gasteiger partial charge in [0.15, 0.2) is 5.65 Å². The van der Waals surface area contributed by atoms with E-state index in [1.807, 2.05) is 54.6 Å². The summed E-state index contributed by atoms with van der Waals surface area (Å²) < 4.78 is 2.68. The quantitative estimate of drug-likeness (QED) is 0.305. The predicted octanol–water partition coefficient (Wildman–Crippen LogP) is 6.23. The van der Waals surface area contributed by atoms with Crippen LogP contribution in [0.3, 0.4) is 0 Å². The molecular weight excluding hydrogens is 467 g/mol. The van der Waals surface area contributed by atoms with Crippen molar-refractivity contribution in [2.45, 2.75) is 6.54 Å². The Kier molecular flexibility index (Phi) is 5.47. The third-order valence-corrected chi connectivity index (χ3v) is 6.05. The zero-order chi connectivity index (χ0) is 22.2. The second-order valence-corrected chi connectivity index (χ2v) is 8.49. The lowest BCUT2D eigenvalue weighted by Crippen LogP contribution is -2.23. The van der Waals surface area contributed by atoms with Gasteiger partial charge in [0, 0.05) is 26.2 Å². The van der Waals surface area contributed by atoms with E-state index in [4.69, 9.17) is 34.8 Å². The van der Waals surface area contributed by atoms with E-state index in [2.05, 4.69) is 10.2 Å². The molecule has 3 aromatic carbocycles. The van der Waals surface area contributed by atoms with Gasteiger partial charge in [-0.2, -0.15) is 9.61 Å². The lowest BCUT2D eigenvalue weighted by molar-refractivity contribution is 0.650. The van der Waals surface area contributed by atoms with Crippen LogP contribution in [0.15, 0.2) is 83.8 Å². The molecule has 5 rings (SSSR count). The highest BCUT2D eigenvalue weighted by atomic mass is 35.5. The highest BCUT2D eigenvalue weighted by molar-refractivity contribution is 6.31. The second-order valence-electron chi connectivity index (χ2n) is 7.21. The van der Waals surface area contributed by atoms with Crippen LogP contribution in [0.4, 0.5) is 0 Å². The topological polar surface area (TPSA) is 52.2 Å². The van der Waals surface area contributed by atoms with Crippen molar-refractivity contribution >= 4 is 40.4 Å². The molecule has 2 heterocycles. The van der Waals surface area contributed by atoms with E-state index < -0.39 is 0 Å². The lowest BCUT2D eigenvalue weighted by Gasteiger charge is -2.11. The van der Waals surface area contributed by atoms with Crippen LogP contribution in [0.2, 0.25) is 15.1 Å². The van der Waals surface area contributed by atoms with E-state index in [-0.39, 0.29) is 12.2 Å². The SMILES string of the molecule is O=c1n(Cc2ccccc2Cl)nc2c(-c3ccc(Cl)cc3)c(-c3ccc(Cl)cc3)cnn12. The van der Waals surface area contributed by atoms with Crippen LogP contribution < -0.4 is 5.69 Å². The predicted molar refractivity (Wildman–Crippen MR) is 129 cm³/mol. The van der Waals surface area contributed by atoms with Crippen LogP contribution >= 0.6 is 34.8 Å². The first-order chi connectivity index (χ1) is 15.5. The van der Waals surface area contributed by atoms with Crippen molar-refractivity contribution in [3.63, 3.8) is 0 Å². The van der Waals surface area contributed by atoms with Crippen LogP contribution in [0.25, 0.3) is 27.9 Å². The molecule has 5 nitrogen and oxygen atoms in total. The highest BCUT2D eigenvalue weighted by Crippen LogP contribution is 2.35. The Morgan fingerprint density at radius 1 is 0.781 bits per heavy atom. The van der Waals surface area contributed by atoms with Gasteiger partial charge < -0.3 is 0 Å². The van der Waals surface area contributed by atoms with Crippen molar-refractivity contribution in [2.75, 3.05) is 0 Å². The summed E-state index contributed by atoms with van der Waals surface area (Å²) in [6.07, 6.45) is 1.67. The Hall–Kier alpha value is -3.12. The highest BCUT2D eigenvalue weighted by Gasteiger charge is 2.19. The number of fused-ring (bicyclic) bond motifs is 1. The Morgan fingerprint density at radius 3 is 2.06 bits per heavy atom. The molecule has 32 heavy (non-hydrogen) atoms. The second kappa shape index (κ2) is 8.43. The Balaban J connectivity index is 1.75. The molecule has 5 aromatic rings. The Bertz CT molecular complexity index is 1490. The first-order valence-electron chi connectivity index (χ1n) is 9.75. The number of nitrogens with zero attached hydrogens (tertiary/aromatic N) is 4. The first kappa shape index (κ1) is 20.8. The van der Waals surface area contributed by atoms with Crippen molar-refractivity contribution in [3.8, 4) is 22.3 Å². The molecule has 0 unspecified atom stereocenters. The molecule has 0 radical (unpaired) electrons. The van der Waals surface area contributed by atoms with Gasteiger partial charge >= 0.3 is 5.69 Å². The molecule has 0 saturated carbocycles. The normalized spacial score (nSPS) is 11.2. The van der Waals surface area contributed by atoms with Crippen LogP contribution in [-0.2, 0) is 6.54 Å². The minimum Gasteiger partial charge on any atom is -0.244 e. The Labute approximate surface area is 198 Å². The van der Waals surface area contributed by atoms with Crippen molar-refractivity contribution in [1.29, 1.82) is 0 Å². The molecule has 0 spiro atoms. The number of hydrogen-bond donors (Lipinski definition) is 0.